The summed E-state index contributed by atoms with van der Waals surface area (Å²) in [5, 5.41) is 23.2. The highest BCUT2D eigenvalue weighted by molar-refractivity contribution is 6.02. The molecule has 1 aliphatic rings. The van der Waals surface area contributed by atoms with Gasteiger partial charge < -0.3 is 26.6 Å². The zero-order valence-electron chi connectivity index (χ0n) is 17.1. The van der Waals surface area contributed by atoms with Crippen LogP contribution in [0.3, 0.4) is 0 Å². The van der Waals surface area contributed by atoms with Gasteiger partial charge in [0.15, 0.2) is 0 Å². The lowest BCUT2D eigenvalue weighted by Gasteiger charge is -2.22. The van der Waals surface area contributed by atoms with E-state index in [0.717, 1.165) is 58.9 Å². The SMILES string of the molecule is c1ccc2c(CNCC3CNCCNCCNCCN3)c3ccccc3cc2c1. The van der Waals surface area contributed by atoms with Gasteiger partial charge in [-0.15, -0.1) is 0 Å². The average molecular weight is 392 g/mol. The van der Waals surface area contributed by atoms with E-state index in [4.69, 9.17) is 0 Å². The molecule has 1 unspecified atom stereocenters. The van der Waals surface area contributed by atoms with Crippen LogP contribution in [0.1, 0.15) is 5.56 Å². The van der Waals surface area contributed by atoms with E-state index in [0.29, 0.717) is 6.04 Å². The summed E-state index contributed by atoms with van der Waals surface area (Å²) in [5.74, 6) is 0. The lowest BCUT2D eigenvalue weighted by atomic mass is 9.97. The number of rotatable bonds is 4. The first-order chi connectivity index (χ1) is 14.4. The lowest BCUT2D eigenvalue weighted by Crippen LogP contribution is -2.49. The fourth-order valence-corrected chi connectivity index (χ4v) is 4.13. The van der Waals surface area contributed by atoms with Gasteiger partial charge in [0.05, 0.1) is 0 Å². The predicted octanol–water partition coefficient (Wildman–Crippen LogP) is 1.82. The molecule has 3 aromatic carbocycles. The molecule has 0 saturated carbocycles. The zero-order chi connectivity index (χ0) is 19.7. The summed E-state index contributed by atoms with van der Waals surface area (Å²) in [6.45, 7) is 8.88. The van der Waals surface area contributed by atoms with Gasteiger partial charge >= 0.3 is 0 Å². The zero-order valence-corrected chi connectivity index (χ0v) is 17.1. The Bertz CT molecular complexity index is 844. The van der Waals surface area contributed by atoms with Crippen LogP contribution in [-0.2, 0) is 6.54 Å². The van der Waals surface area contributed by atoms with Crippen molar-refractivity contribution in [1.29, 1.82) is 0 Å². The van der Waals surface area contributed by atoms with Crippen molar-refractivity contribution in [2.75, 3.05) is 52.4 Å². The molecule has 0 amide bonds. The molecule has 4 rings (SSSR count). The van der Waals surface area contributed by atoms with E-state index in [9.17, 15) is 0 Å². The maximum atomic E-state index is 3.73. The standard InChI is InChI=1S/C24H33N5/c1-3-7-22-19(5-1)15-20-6-2-4-8-23(20)24(22)18-28-17-21-16-27-12-11-25-9-10-26-13-14-29-21/h1-8,15,21,25-29H,9-14,16-18H2. The van der Waals surface area contributed by atoms with E-state index in [1.54, 1.807) is 0 Å². The maximum Gasteiger partial charge on any atom is 0.0318 e. The Morgan fingerprint density at radius 1 is 0.724 bits per heavy atom. The van der Waals surface area contributed by atoms with E-state index in [2.05, 4.69) is 81.2 Å². The summed E-state index contributed by atoms with van der Waals surface area (Å²) in [6, 6.07) is 20.1. The van der Waals surface area contributed by atoms with E-state index < -0.39 is 0 Å². The summed E-state index contributed by atoms with van der Waals surface area (Å²) in [4.78, 5) is 0. The third-order valence-corrected chi connectivity index (χ3v) is 5.66. The van der Waals surface area contributed by atoms with Crippen LogP contribution in [-0.4, -0.2) is 58.4 Å². The van der Waals surface area contributed by atoms with Gasteiger partial charge in [0.2, 0.25) is 0 Å². The van der Waals surface area contributed by atoms with Crippen molar-refractivity contribution in [3.63, 3.8) is 0 Å². The van der Waals surface area contributed by atoms with Gasteiger partial charge in [0.25, 0.3) is 0 Å². The molecule has 5 heteroatoms. The molecule has 1 saturated heterocycles. The first kappa shape index (κ1) is 20.3. The van der Waals surface area contributed by atoms with Crippen LogP contribution in [0.4, 0.5) is 0 Å². The van der Waals surface area contributed by atoms with Crippen LogP contribution < -0.4 is 26.6 Å². The minimum absolute atomic E-state index is 0.414. The third-order valence-electron chi connectivity index (χ3n) is 5.66. The molecule has 1 aliphatic heterocycles. The highest BCUT2D eigenvalue weighted by Gasteiger charge is 2.10. The minimum Gasteiger partial charge on any atom is -0.314 e. The van der Waals surface area contributed by atoms with E-state index in [1.807, 2.05) is 0 Å². The minimum atomic E-state index is 0.414. The summed E-state index contributed by atoms with van der Waals surface area (Å²) < 4.78 is 0. The van der Waals surface area contributed by atoms with Gasteiger partial charge in [-0.2, -0.15) is 0 Å². The molecule has 1 fully saturated rings. The third kappa shape index (κ3) is 5.53. The van der Waals surface area contributed by atoms with Crippen molar-refractivity contribution in [1.82, 2.24) is 26.6 Å². The highest BCUT2D eigenvalue weighted by atomic mass is 15.1. The number of fused-ring (bicyclic) bond motifs is 2. The molecule has 0 radical (unpaired) electrons. The normalized spacial score (nSPS) is 19.7. The Hall–Kier alpha value is -2.02. The van der Waals surface area contributed by atoms with Crippen LogP contribution in [0.15, 0.2) is 54.6 Å². The molecule has 3 aromatic rings. The summed E-state index contributed by atoms with van der Waals surface area (Å²) in [6.07, 6.45) is 0. The van der Waals surface area contributed by atoms with E-state index in [1.165, 1.54) is 27.1 Å². The van der Waals surface area contributed by atoms with Crippen LogP contribution in [0.25, 0.3) is 21.5 Å². The average Bonchev–Trinajstić information content (AvgIpc) is 2.75. The van der Waals surface area contributed by atoms with Gasteiger partial charge in [-0.3, -0.25) is 0 Å². The van der Waals surface area contributed by atoms with Gasteiger partial charge in [-0.05, 0) is 33.2 Å². The van der Waals surface area contributed by atoms with Crippen molar-refractivity contribution < 1.29 is 0 Å². The molecule has 0 aliphatic carbocycles. The summed E-state index contributed by atoms with van der Waals surface area (Å²) in [7, 11) is 0. The number of hydrogen-bond donors (Lipinski definition) is 5. The Morgan fingerprint density at radius 2 is 1.31 bits per heavy atom. The van der Waals surface area contributed by atoms with Crippen LogP contribution in [0.2, 0.25) is 0 Å². The maximum absolute atomic E-state index is 3.73. The second kappa shape index (κ2) is 10.7. The Labute approximate surface area is 173 Å². The fraction of sp³-hybridized carbons (Fsp3) is 0.417. The topological polar surface area (TPSA) is 60.1 Å². The quantitative estimate of drug-likeness (QED) is 0.439. The van der Waals surface area contributed by atoms with Crippen LogP contribution in [0, 0.1) is 0 Å². The predicted molar refractivity (Wildman–Crippen MR) is 124 cm³/mol. The van der Waals surface area contributed by atoms with E-state index >= 15 is 0 Å². The molecule has 1 atom stereocenters. The van der Waals surface area contributed by atoms with Crippen molar-refractivity contribution >= 4 is 21.5 Å². The van der Waals surface area contributed by atoms with Gasteiger partial charge in [0, 0.05) is 64.9 Å². The van der Waals surface area contributed by atoms with Crippen molar-refractivity contribution in [3.8, 4) is 0 Å². The fourth-order valence-electron chi connectivity index (χ4n) is 4.13. The number of hydrogen-bond acceptors (Lipinski definition) is 5. The largest absolute Gasteiger partial charge is 0.314 e. The van der Waals surface area contributed by atoms with Crippen LogP contribution in [0.5, 0.6) is 0 Å². The van der Waals surface area contributed by atoms with Gasteiger partial charge in [-0.25, -0.2) is 0 Å². The molecule has 5 nitrogen and oxygen atoms in total. The Morgan fingerprint density at radius 3 is 2.00 bits per heavy atom. The number of nitrogens with one attached hydrogen (secondary N) is 5. The molecule has 0 spiro atoms. The highest BCUT2D eigenvalue weighted by Crippen LogP contribution is 2.28. The number of benzene rings is 3. The van der Waals surface area contributed by atoms with E-state index in [-0.39, 0.29) is 0 Å². The Kier molecular flexibility index (Phi) is 7.45. The molecule has 0 bridgehead atoms. The first-order valence-corrected chi connectivity index (χ1v) is 10.9. The second-order valence-corrected chi connectivity index (χ2v) is 7.78. The lowest BCUT2D eigenvalue weighted by molar-refractivity contribution is 0.431. The van der Waals surface area contributed by atoms with Crippen LogP contribution >= 0.6 is 0 Å². The Balaban J connectivity index is 1.44. The molecule has 29 heavy (non-hydrogen) atoms. The molecule has 0 aromatic heterocycles. The summed E-state index contributed by atoms with van der Waals surface area (Å²) in [5.41, 5.74) is 1.39. The van der Waals surface area contributed by atoms with Crippen molar-refractivity contribution in [2.45, 2.75) is 12.6 Å². The molecular formula is C24H33N5. The van der Waals surface area contributed by atoms with Crippen molar-refractivity contribution in [3.05, 3.63) is 60.2 Å². The smallest absolute Gasteiger partial charge is 0.0318 e. The molecule has 154 valence electrons. The first-order valence-electron chi connectivity index (χ1n) is 10.9. The second-order valence-electron chi connectivity index (χ2n) is 7.78. The molecule has 5 N–H and O–H groups in total. The van der Waals surface area contributed by atoms with Crippen molar-refractivity contribution in [2.24, 2.45) is 0 Å². The monoisotopic (exact) mass is 391 g/mol. The molecule has 1 heterocycles. The summed E-state index contributed by atoms with van der Waals surface area (Å²) >= 11 is 0. The van der Waals surface area contributed by atoms with Gasteiger partial charge in [-0.1, -0.05) is 48.5 Å². The van der Waals surface area contributed by atoms with Gasteiger partial charge in [0.1, 0.15) is 0 Å². The molecular weight excluding hydrogens is 358 g/mol.